The zero-order valence-corrected chi connectivity index (χ0v) is 17.6. The fourth-order valence-electron chi connectivity index (χ4n) is 3.45. The number of hydrogen-bond donors (Lipinski definition) is 1. The number of thioether (sulfide) groups is 1. The molecule has 5 nitrogen and oxygen atoms in total. The fraction of sp³-hybridized carbons (Fsp3) is 0.318. The lowest BCUT2D eigenvalue weighted by Gasteiger charge is -2.22. The molecular weight excluding hydrogens is 404 g/mol. The summed E-state index contributed by atoms with van der Waals surface area (Å²) in [4.78, 5) is 17.2. The molecule has 3 aromatic rings. The predicted molar refractivity (Wildman–Crippen MR) is 116 cm³/mol. The summed E-state index contributed by atoms with van der Waals surface area (Å²) in [6, 6.07) is 18.0. The molecule has 1 amide bonds. The van der Waals surface area contributed by atoms with E-state index in [1.165, 1.54) is 11.8 Å². The van der Waals surface area contributed by atoms with Crippen LogP contribution in [-0.4, -0.2) is 26.8 Å². The third kappa shape index (κ3) is 4.42. The average molecular weight is 425 g/mol. The Morgan fingerprint density at radius 3 is 2.79 bits per heavy atom. The van der Waals surface area contributed by atoms with Gasteiger partial charge in [-0.2, -0.15) is 5.26 Å². The van der Waals surface area contributed by atoms with Crippen LogP contribution in [0, 0.1) is 17.2 Å². The van der Waals surface area contributed by atoms with Gasteiger partial charge in [-0.3, -0.25) is 4.79 Å². The number of fused-ring (bicyclic) bond motifs is 1. The zero-order chi connectivity index (χ0) is 20.4. The average Bonchev–Trinajstić information content (AvgIpc) is 3.52. The maximum atomic E-state index is 12.5. The van der Waals surface area contributed by atoms with Gasteiger partial charge in [-0.15, -0.1) is 0 Å². The Morgan fingerprint density at radius 1 is 1.34 bits per heavy atom. The summed E-state index contributed by atoms with van der Waals surface area (Å²) in [6.45, 7) is 2.46. The van der Waals surface area contributed by atoms with E-state index in [4.69, 9.17) is 16.6 Å². The lowest BCUT2D eigenvalue weighted by atomic mass is 9.98. The van der Waals surface area contributed by atoms with E-state index in [9.17, 15) is 10.1 Å². The van der Waals surface area contributed by atoms with Crippen molar-refractivity contribution in [3.8, 4) is 6.07 Å². The molecule has 29 heavy (non-hydrogen) atoms. The summed E-state index contributed by atoms with van der Waals surface area (Å²) in [6.07, 6.45) is 1.98. The van der Waals surface area contributed by atoms with E-state index in [2.05, 4.69) is 28.1 Å². The first kappa shape index (κ1) is 19.8. The highest BCUT2D eigenvalue weighted by Gasteiger charge is 2.42. The molecule has 7 heteroatoms. The maximum absolute atomic E-state index is 12.5. The minimum absolute atomic E-state index is 0.151. The lowest BCUT2D eigenvalue weighted by Crippen LogP contribution is -2.47. The number of aromatic nitrogens is 2. The van der Waals surface area contributed by atoms with Crippen LogP contribution < -0.4 is 5.32 Å². The molecule has 1 atom stereocenters. The molecule has 1 aliphatic carbocycles. The number of hydrogen-bond acceptors (Lipinski definition) is 4. The minimum Gasteiger partial charge on any atom is -0.337 e. The van der Waals surface area contributed by atoms with Crippen molar-refractivity contribution in [2.45, 2.75) is 37.0 Å². The van der Waals surface area contributed by atoms with Gasteiger partial charge in [-0.05, 0) is 49.4 Å². The molecular formula is C22H21ClN4OS. The molecule has 2 aromatic carbocycles. The number of imidazole rings is 1. The number of rotatable bonds is 7. The Kier molecular flexibility index (Phi) is 5.53. The van der Waals surface area contributed by atoms with E-state index in [0.29, 0.717) is 11.6 Å². The lowest BCUT2D eigenvalue weighted by molar-refractivity contribution is -0.119. The first-order chi connectivity index (χ1) is 14.0. The van der Waals surface area contributed by atoms with Crippen LogP contribution in [0.2, 0.25) is 5.02 Å². The Bertz CT molecular complexity index is 1090. The second-order valence-corrected chi connectivity index (χ2v) is 8.90. The van der Waals surface area contributed by atoms with Crippen LogP contribution in [0.15, 0.2) is 53.7 Å². The van der Waals surface area contributed by atoms with Gasteiger partial charge in [0.15, 0.2) is 5.16 Å². The Morgan fingerprint density at radius 2 is 2.10 bits per heavy atom. The number of nitrogens with one attached hydrogen (secondary N) is 1. The minimum atomic E-state index is -0.782. The topological polar surface area (TPSA) is 70.7 Å². The number of carbonyl (C=O) groups is 1. The van der Waals surface area contributed by atoms with Crippen LogP contribution in [0.3, 0.4) is 0 Å². The van der Waals surface area contributed by atoms with Gasteiger partial charge >= 0.3 is 0 Å². The van der Waals surface area contributed by atoms with Crippen LogP contribution >= 0.6 is 23.4 Å². The molecule has 1 saturated carbocycles. The summed E-state index contributed by atoms with van der Waals surface area (Å²) >= 11 is 7.52. The van der Waals surface area contributed by atoms with Crippen molar-refractivity contribution < 1.29 is 4.79 Å². The third-order valence-electron chi connectivity index (χ3n) is 5.22. The molecule has 1 aliphatic rings. The first-order valence-electron chi connectivity index (χ1n) is 9.53. The van der Waals surface area contributed by atoms with Gasteiger partial charge in [-0.1, -0.05) is 53.7 Å². The van der Waals surface area contributed by atoms with E-state index >= 15 is 0 Å². The van der Waals surface area contributed by atoms with Gasteiger partial charge in [0.1, 0.15) is 5.54 Å². The third-order valence-corrected chi connectivity index (χ3v) is 6.43. The smallest absolute Gasteiger partial charge is 0.231 e. The van der Waals surface area contributed by atoms with Crippen LogP contribution in [0.25, 0.3) is 11.0 Å². The summed E-state index contributed by atoms with van der Waals surface area (Å²) in [5.74, 6) is 0.309. The molecule has 1 aromatic heterocycles. The Balaban J connectivity index is 1.55. The largest absolute Gasteiger partial charge is 0.337 e. The van der Waals surface area contributed by atoms with E-state index in [0.717, 1.165) is 34.6 Å². The molecule has 0 saturated heterocycles. The molecule has 4 rings (SSSR count). The van der Waals surface area contributed by atoms with E-state index in [1.807, 2.05) is 36.4 Å². The van der Waals surface area contributed by atoms with Crippen molar-refractivity contribution in [1.29, 1.82) is 5.26 Å². The van der Waals surface area contributed by atoms with Gasteiger partial charge in [-0.25, -0.2) is 4.98 Å². The molecule has 1 N–H and O–H groups in total. The van der Waals surface area contributed by atoms with Crippen molar-refractivity contribution >= 4 is 40.3 Å². The fourth-order valence-corrected chi connectivity index (χ4v) is 4.43. The maximum Gasteiger partial charge on any atom is 0.231 e. The van der Waals surface area contributed by atoms with Gasteiger partial charge in [0.25, 0.3) is 0 Å². The van der Waals surface area contributed by atoms with Gasteiger partial charge in [0.2, 0.25) is 5.91 Å². The number of nitriles is 1. The predicted octanol–water partition coefficient (Wildman–Crippen LogP) is 4.64. The molecule has 1 fully saturated rings. The SMILES string of the molecule is CC(C#N)(NC(=O)CSc1nc2cc(Cl)ccc2n1Cc1ccccc1)C1CC1. The molecule has 0 aliphatic heterocycles. The number of benzene rings is 2. The highest BCUT2D eigenvalue weighted by atomic mass is 35.5. The first-order valence-corrected chi connectivity index (χ1v) is 10.9. The normalized spacial score (nSPS) is 15.6. The molecule has 0 radical (unpaired) electrons. The Hall–Kier alpha value is -2.49. The summed E-state index contributed by atoms with van der Waals surface area (Å²) in [7, 11) is 0. The molecule has 0 bridgehead atoms. The quantitative estimate of drug-likeness (QED) is 0.561. The number of amides is 1. The van der Waals surface area contributed by atoms with Gasteiger partial charge in [0, 0.05) is 5.02 Å². The van der Waals surface area contributed by atoms with E-state index < -0.39 is 5.54 Å². The number of carbonyl (C=O) groups excluding carboxylic acids is 1. The number of nitrogens with zero attached hydrogens (tertiary/aromatic N) is 3. The molecule has 1 unspecified atom stereocenters. The van der Waals surface area contributed by atoms with Crippen molar-refractivity contribution in [1.82, 2.24) is 14.9 Å². The second-order valence-electron chi connectivity index (χ2n) is 7.52. The Labute approximate surface area is 179 Å². The van der Waals surface area contributed by atoms with Gasteiger partial charge in [0.05, 0.1) is 29.4 Å². The van der Waals surface area contributed by atoms with Crippen LogP contribution in [0.4, 0.5) is 0 Å². The van der Waals surface area contributed by atoms with Crippen LogP contribution in [0.5, 0.6) is 0 Å². The molecule has 1 heterocycles. The highest BCUT2D eigenvalue weighted by Crippen LogP contribution is 2.39. The number of halogens is 1. The van der Waals surface area contributed by atoms with E-state index in [1.54, 1.807) is 6.92 Å². The monoisotopic (exact) mass is 424 g/mol. The van der Waals surface area contributed by atoms with E-state index in [-0.39, 0.29) is 17.6 Å². The van der Waals surface area contributed by atoms with Crippen molar-refractivity contribution in [3.05, 3.63) is 59.1 Å². The zero-order valence-electron chi connectivity index (χ0n) is 16.1. The van der Waals surface area contributed by atoms with Crippen LogP contribution in [0.1, 0.15) is 25.3 Å². The van der Waals surface area contributed by atoms with Crippen molar-refractivity contribution in [2.24, 2.45) is 5.92 Å². The van der Waals surface area contributed by atoms with Crippen molar-refractivity contribution in [3.63, 3.8) is 0 Å². The van der Waals surface area contributed by atoms with Gasteiger partial charge < -0.3 is 9.88 Å². The summed E-state index contributed by atoms with van der Waals surface area (Å²) in [5.41, 5.74) is 2.14. The highest BCUT2D eigenvalue weighted by molar-refractivity contribution is 7.99. The molecule has 0 spiro atoms. The molecule has 148 valence electrons. The van der Waals surface area contributed by atoms with Crippen molar-refractivity contribution in [2.75, 3.05) is 5.75 Å². The summed E-state index contributed by atoms with van der Waals surface area (Å²) in [5, 5.41) is 13.8. The summed E-state index contributed by atoms with van der Waals surface area (Å²) < 4.78 is 2.10. The second kappa shape index (κ2) is 8.10. The van der Waals surface area contributed by atoms with Crippen LogP contribution in [-0.2, 0) is 11.3 Å². The standard InChI is InChI=1S/C22H21ClN4OS/c1-22(14-24,16-7-8-16)26-20(28)13-29-21-25-18-11-17(23)9-10-19(18)27(21)12-15-5-3-2-4-6-15/h2-6,9-11,16H,7-8,12-13H2,1H3,(H,26,28).